The average molecular weight is 546 g/mol. The third-order valence-corrected chi connectivity index (χ3v) is 6.71. The van der Waals surface area contributed by atoms with Gasteiger partial charge in [-0.3, -0.25) is 4.57 Å². The van der Waals surface area contributed by atoms with Crippen LogP contribution in [0.4, 0.5) is 24.5 Å². The Hall–Kier alpha value is -5.12. The summed E-state index contributed by atoms with van der Waals surface area (Å²) in [4.78, 5) is 11.1. The minimum atomic E-state index is -4.60. The van der Waals surface area contributed by atoms with E-state index in [2.05, 4.69) is 10.2 Å². The molecule has 1 heterocycles. The molecule has 1 aromatic heterocycles. The fourth-order valence-corrected chi connectivity index (χ4v) is 4.40. The molecule has 0 amide bonds. The van der Waals surface area contributed by atoms with Crippen molar-refractivity contribution in [3.05, 3.63) is 101 Å². The van der Waals surface area contributed by atoms with Crippen molar-refractivity contribution in [1.82, 2.24) is 4.57 Å². The lowest BCUT2D eigenvalue weighted by Crippen LogP contribution is -2.05. The van der Waals surface area contributed by atoms with Gasteiger partial charge in [0.2, 0.25) is 5.88 Å². The van der Waals surface area contributed by atoms with Crippen molar-refractivity contribution in [2.45, 2.75) is 20.0 Å². The van der Waals surface area contributed by atoms with Crippen LogP contribution in [0.15, 0.2) is 89.1 Å². The molecular weight excluding hydrogens is 523 g/mol. The number of carboxylic acid groups (broad SMARTS) is 1. The number of hydrogen-bond donors (Lipinski definition) is 3. The molecule has 0 fully saturated rings. The molecule has 0 aliphatic heterocycles. The van der Waals surface area contributed by atoms with E-state index >= 15 is 0 Å². The molecule has 5 aromatic rings. The second-order valence-electron chi connectivity index (χ2n) is 9.26. The second kappa shape index (κ2) is 9.88. The van der Waals surface area contributed by atoms with E-state index in [1.54, 1.807) is 42.5 Å². The van der Waals surface area contributed by atoms with Crippen LogP contribution in [0.5, 0.6) is 11.6 Å². The Morgan fingerprint density at radius 3 is 2.23 bits per heavy atom. The number of azo groups is 1. The summed E-state index contributed by atoms with van der Waals surface area (Å²) >= 11 is 0. The number of carboxylic acids is 1. The summed E-state index contributed by atoms with van der Waals surface area (Å²) in [6.07, 6.45) is -4.60. The van der Waals surface area contributed by atoms with Crippen molar-refractivity contribution in [1.29, 1.82) is 0 Å². The zero-order valence-corrected chi connectivity index (χ0v) is 21.2. The fourth-order valence-electron chi connectivity index (χ4n) is 4.40. The number of aryl methyl sites for hydroxylation is 2. The molecule has 0 spiro atoms. The molecular formula is C30H22F3N3O4. The molecule has 0 saturated heterocycles. The Balaban J connectivity index is 1.63. The van der Waals surface area contributed by atoms with Crippen molar-refractivity contribution < 1.29 is 33.3 Å². The smallest absolute Gasteiger partial charge is 0.416 e. The quantitative estimate of drug-likeness (QED) is 0.193. The van der Waals surface area contributed by atoms with Gasteiger partial charge in [0.1, 0.15) is 5.69 Å². The highest BCUT2D eigenvalue weighted by Gasteiger charge is 2.32. The van der Waals surface area contributed by atoms with Gasteiger partial charge in [0.15, 0.2) is 11.4 Å². The summed E-state index contributed by atoms with van der Waals surface area (Å²) in [5.41, 5.74) is 2.46. The van der Waals surface area contributed by atoms with E-state index in [1.165, 1.54) is 28.8 Å². The first-order valence-electron chi connectivity index (χ1n) is 12.1. The van der Waals surface area contributed by atoms with Crippen molar-refractivity contribution in [3.63, 3.8) is 0 Å². The summed E-state index contributed by atoms with van der Waals surface area (Å²) in [5, 5.41) is 39.7. The van der Waals surface area contributed by atoms with Gasteiger partial charge in [-0.05, 0) is 79.1 Å². The molecule has 10 heteroatoms. The molecule has 0 bridgehead atoms. The number of aromatic hydroxyl groups is 2. The maximum absolute atomic E-state index is 13.6. The van der Waals surface area contributed by atoms with Crippen LogP contribution in [0.3, 0.4) is 0 Å². The topological polar surface area (TPSA) is 107 Å². The molecule has 0 saturated carbocycles. The van der Waals surface area contributed by atoms with E-state index in [9.17, 15) is 28.2 Å². The molecule has 0 aliphatic carbocycles. The average Bonchev–Trinajstić information content (AvgIpc) is 3.19. The van der Waals surface area contributed by atoms with Gasteiger partial charge in [0.25, 0.3) is 0 Å². The summed E-state index contributed by atoms with van der Waals surface area (Å²) in [5.74, 6) is -1.74. The van der Waals surface area contributed by atoms with Crippen LogP contribution in [0, 0.1) is 13.8 Å². The monoisotopic (exact) mass is 545 g/mol. The zero-order valence-electron chi connectivity index (χ0n) is 21.2. The van der Waals surface area contributed by atoms with Gasteiger partial charge in [0, 0.05) is 16.6 Å². The number of rotatable bonds is 5. The molecule has 0 aliphatic rings. The van der Waals surface area contributed by atoms with E-state index < -0.39 is 23.6 Å². The third-order valence-electron chi connectivity index (χ3n) is 6.71. The van der Waals surface area contributed by atoms with Gasteiger partial charge in [-0.15, -0.1) is 10.2 Å². The predicted molar refractivity (Wildman–Crippen MR) is 144 cm³/mol. The lowest BCUT2D eigenvalue weighted by atomic mass is 10.0. The Labute approximate surface area is 226 Å². The Morgan fingerprint density at radius 1 is 0.850 bits per heavy atom. The largest absolute Gasteiger partial charge is 0.505 e. The molecule has 4 aromatic carbocycles. The van der Waals surface area contributed by atoms with Crippen LogP contribution >= 0.6 is 0 Å². The Morgan fingerprint density at radius 2 is 1.57 bits per heavy atom. The standard InChI is InChI=1S/C30H22F3N3O4/c1-16-6-12-21(14-17(16)2)36-25-15-20(30(31,32)33)11-13-23(25)26(28(36)38)35-34-24-5-3-4-22(27(24)37)18-7-9-19(10-8-18)29(39)40/h3-15,37-38H,1-2H3,(H,39,40). The molecule has 0 atom stereocenters. The van der Waals surface area contributed by atoms with E-state index in [0.717, 1.165) is 23.3 Å². The maximum Gasteiger partial charge on any atom is 0.416 e. The first-order valence-corrected chi connectivity index (χ1v) is 12.1. The van der Waals surface area contributed by atoms with Crippen molar-refractivity contribution in [2.24, 2.45) is 10.2 Å². The van der Waals surface area contributed by atoms with Crippen molar-refractivity contribution in [2.75, 3.05) is 0 Å². The van der Waals surface area contributed by atoms with Crippen molar-refractivity contribution in [3.8, 4) is 28.4 Å². The minimum Gasteiger partial charge on any atom is -0.505 e. The molecule has 202 valence electrons. The number of nitrogens with zero attached hydrogens (tertiary/aromatic N) is 3. The summed E-state index contributed by atoms with van der Waals surface area (Å²) in [6.45, 7) is 3.75. The number of fused-ring (bicyclic) bond motifs is 1. The van der Waals surface area contributed by atoms with Gasteiger partial charge >= 0.3 is 12.1 Å². The van der Waals surface area contributed by atoms with Gasteiger partial charge in [-0.2, -0.15) is 13.2 Å². The first-order chi connectivity index (χ1) is 19.0. The van der Waals surface area contributed by atoms with E-state index in [-0.39, 0.29) is 33.6 Å². The van der Waals surface area contributed by atoms with Gasteiger partial charge in [0.05, 0.1) is 16.6 Å². The zero-order chi connectivity index (χ0) is 28.8. The molecule has 3 N–H and O–H groups in total. The van der Waals surface area contributed by atoms with Crippen LogP contribution < -0.4 is 0 Å². The van der Waals surface area contributed by atoms with E-state index in [4.69, 9.17) is 5.11 Å². The number of phenolic OH excluding ortho intramolecular Hbond substituents is 1. The van der Waals surface area contributed by atoms with Crippen LogP contribution in [0.1, 0.15) is 27.0 Å². The number of aromatic nitrogens is 1. The third kappa shape index (κ3) is 4.75. The number of hydrogen-bond acceptors (Lipinski definition) is 5. The van der Waals surface area contributed by atoms with Crippen LogP contribution in [0.2, 0.25) is 0 Å². The Bertz CT molecular complexity index is 1810. The van der Waals surface area contributed by atoms with Gasteiger partial charge in [-0.25, -0.2) is 4.79 Å². The number of carbonyl (C=O) groups is 1. The SMILES string of the molecule is Cc1ccc(-n2c(O)c(N=Nc3cccc(-c4ccc(C(=O)O)cc4)c3O)c3ccc(C(F)(F)F)cc32)cc1C. The normalized spacial score (nSPS) is 11.9. The summed E-state index contributed by atoms with van der Waals surface area (Å²) < 4.78 is 42.0. The highest BCUT2D eigenvalue weighted by molar-refractivity contribution is 5.97. The predicted octanol–water partition coefficient (Wildman–Crippen LogP) is 8.46. The van der Waals surface area contributed by atoms with Gasteiger partial charge in [-0.1, -0.05) is 30.3 Å². The number of alkyl halides is 3. The number of benzene rings is 4. The number of aromatic carboxylic acids is 1. The minimum absolute atomic E-state index is 0.0400. The van der Waals surface area contributed by atoms with Crippen LogP contribution in [-0.2, 0) is 6.18 Å². The number of phenols is 1. The molecule has 7 nitrogen and oxygen atoms in total. The first kappa shape index (κ1) is 26.5. The second-order valence-corrected chi connectivity index (χ2v) is 9.26. The molecule has 0 unspecified atom stereocenters. The maximum atomic E-state index is 13.6. The van der Waals surface area contributed by atoms with Crippen LogP contribution in [0.25, 0.3) is 27.7 Å². The summed E-state index contributed by atoms with van der Waals surface area (Å²) in [7, 11) is 0. The van der Waals surface area contributed by atoms with Gasteiger partial charge < -0.3 is 15.3 Å². The number of halogens is 3. The molecule has 0 radical (unpaired) electrons. The molecule has 40 heavy (non-hydrogen) atoms. The Kier molecular flexibility index (Phi) is 6.54. The fraction of sp³-hybridized carbons (Fsp3) is 0.100. The highest BCUT2D eigenvalue weighted by atomic mass is 19.4. The van der Waals surface area contributed by atoms with E-state index in [1.807, 2.05) is 13.8 Å². The summed E-state index contributed by atoms with van der Waals surface area (Å²) in [6, 6.07) is 18.9. The lowest BCUT2D eigenvalue weighted by Gasteiger charge is -2.11. The highest BCUT2D eigenvalue weighted by Crippen LogP contribution is 2.45. The number of para-hydroxylation sites is 1. The van der Waals surface area contributed by atoms with Crippen molar-refractivity contribution >= 4 is 28.2 Å². The lowest BCUT2D eigenvalue weighted by molar-refractivity contribution is -0.137. The molecule has 5 rings (SSSR count). The van der Waals surface area contributed by atoms with E-state index in [0.29, 0.717) is 16.8 Å². The van der Waals surface area contributed by atoms with Crippen LogP contribution in [-0.4, -0.2) is 25.9 Å².